The van der Waals surface area contributed by atoms with E-state index in [1.807, 2.05) is 41.4 Å². The first-order valence-electron chi connectivity index (χ1n) is 11.1. The lowest BCUT2D eigenvalue weighted by Gasteiger charge is -2.32. The topological polar surface area (TPSA) is 82.5 Å². The first kappa shape index (κ1) is 24.7. The molecule has 1 saturated carbocycles. The number of aromatic nitrogens is 1. The number of nitrogens with zero attached hydrogens (tertiary/aromatic N) is 2. The van der Waals surface area contributed by atoms with E-state index in [0.29, 0.717) is 12.5 Å². The van der Waals surface area contributed by atoms with E-state index in [4.69, 9.17) is 14.9 Å². The van der Waals surface area contributed by atoms with E-state index in [-0.39, 0.29) is 11.9 Å². The molecule has 178 valence electrons. The van der Waals surface area contributed by atoms with Crippen LogP contribution in [0, 0.1) is 0 Å². The summed E-state index contributed by atoms with van der Waals surface area (Å²) in [6, 6.07) is 14.2. The van der Waals surface area contributed by atoms with E-state index in [9.17, 15) is 18.0 Å². The molecule has 1 aromatic carbocycles. The molecule has 2 N–H and O–H groups in total. The Balaban J connectivity index is 0.000000383. The molecule has 0 radical (unpaired) electrons. The Morgan fingerprint density at radius 2 is 1.67 bits per heavy atom. The molecule has 0 unspecified atom stereocenters. The fraction of sp³-hybridized carbons (Fsp3) is 0.458. The number of anilines is 1. The van der Waals surface area contributed by atoms with Crippen LogP contribution in [-0.4, -0.2) is 40.7 Å². The summed E-state index contributed by atoms with van der Waals surface area (Å²) in [7, 11) is 0. The maximum atomic E-state index is 12.9. The highest BCUT2D eigenvalue weighted by molar-refractivity contribution is 5.97. The van der Waals surface area contributed by atoms with Crippen molar-refractivity contribution in [3.05, 3.63) is 59.9 Å². The zero-order valence-corrected chi connectivity index (χ0v) is 18.2. The maximum absolute atomic E-state index is 12.9. The number of amides is 1. The third-order valence-corrected chi connectivity index (χ3v) is 5.94. The molecule has 2 heterocycles. The second-order valence-corrected chi connectivity index (χ2v) is 8.28. The van der Waals surface area contributed by atoms with Gasteiger partial charge in [-0.15, -0.1) is 0 Å². The monoisotopic (exact) mass is 463 g/mol. The summed E-state index contributed by atoms with van der Waals surface area (Å²) >= 11 is 0. The molecule has 6 nitrogen and oxygen atoms in total. The highest BCUT2D eigenvalue weighted by atomic mass is 19.4. The minimum absolute atomic E-state index is 0.0586. The number of halogens is 3. The Kier molecular flexibility index (Phi) is 8.43. The molecule has 2 aromatic rings. The van der Waals surface area contributed by atoms with Gasteiger partial charge in [0.05, 0.1) is 18.3 Å². The van der Waals surface area contributed by atoms with Crippen LogP contribution in [0.5, 0.6) is 0 Å². The van der Waals surface area contributed by atoms with Gasteiger partial charge in [0.25, 0.3) is 0 Å². The van der Waals surface area contributed by atoms with Crippen molar-refractivity contribution in [2.75, 3.05) is 11.4 Å². The van der Waals surface area contributed by atoms with Crippen LogP contribution in [0.1, 0.15) is 55.7 Å². The normalized spacial score (nSPS) is 18.5. The van der Waals surface area contributed by atoms with E-state index < -0.39 is 12.1 Å². The summed E-state index contributed by atoms with van der Waals surface area (Å²) < 4.78 is 31.7. The lowest BCUT2D eigenvalue weighted by atomic mass is 9.85. The van der Waals surface area contributed by atoms with Gasteiger partial charge in [0.15, 0.2) is 0 Å². The number of carbonyl (C=O) groups excluding carboxylic acids is 1. The van der Waals surface area contributed by atoms with Crippen LogP contribution >= 0.6 is 0 Å². The van der Waals surface area contributed by atoms with Crippen LogP contribution in [0.15, 0.2) is 48.7 Å². The average Bonchev–Trinajstić information content (AvgIpc) is 2.77. The quantitative estimate of drug-likeness (QED) is 0.674. The number of rotatable bonds is 5. The minimum atomic E-state index is -5.08. The molecule has 0 bridgehead atoms. The molecule has 2 fully saturated rings. The number of aliphatic carboxylic acids is 1. The standard InChI is InChI=1S/C22H27N3O.C2HF3O2/c26-22(21-13-14-23-21)25(20-9-5-2-6-10-20)16-19-12-11-18(15-24-19)17-7-3-1-4-8-17;3-2(4,5)1(6)7/h2,5-6,9-12,15,17,21,23H,1,3-4,7-8,13-14,16H2;(H,6,7)/t21-;/m1./s1. The van der Waals surface area contributed by atoms with Crippen molar-refractivity contribution in [1.82, 2.24) is 10.3 Å². The molecule has 9 heteroatoms. The summed E-state index contributed by atoms with van der Waals surface area (Å²) in [6.07, 6.45) is 4.45. The van der Waals surface area contributed by atoms with Gasteiger partial charge in [-0.1, -0.05) is 43.5 Å². The number of pyridine rings is 1. The van der Waals surface area contributed by atoms with Crippen molar-refractivity contribution in [3.63, 3.8) is 0 Å². The van der Waals surface area contributed by atoms with E-state index in [1.165, 1.54) is 37.7 Å². The number of carbonyl (C=O) groups is 2. The molecular weight excluding hydrogens is 435 g/mol. The lowest BCUT2D eigenvalue weighted by molar-refractivity contribution is -0.192. The molecule has 4 rings (SSSR count). The maximum Gasteiger partial charge on any atom is 0.490 e. The van der Waals surface area contributed by atoms with Crippen LogP contribution < -0.4 is 10.2 Å². The SMILES string of the molecule is O=C(O)C(F)(F)F.O=C([C@H]1CCN1)N(Cc1ccc(C2CCCCC2)cn1)c1ccccc1. The van der Waals surface area contributed by atoms with Gasteiger partial charge in [0.1, 0.15) is 0 Å². The zero-order chi connectivity index (χ0) is 23.8. The number of carboxylic acids is 1. The molecule has 1 aromatic heterocycles. The van der Waals surface area contributed by atoms with E-state index in [0.717, 1.165) is 24.3 Å². The van der Waals surface area contributed by atoms with Gasteiger partial charge in [0.2, 0.25) is 5.91 Å². The summed E-state index contributed by atoms with van der Waals surface area (Å²) in [5, 5.41) is 10.3. The number of para-hydroxylation sites is 1. The number of nitrogens with one attached hydrogen (secondary N) is 1. The van der Waals surface area contributed by atoms with E-state index >= 15 is 0 Å². The number of benzene rings is 1. The van der Waals surface area contributed by atoms with Gasteiger partial charge in [-0.3, -0.25) is 9.78 Å². The molecule has 0 spiro atoms. The largest absolute Gasteiger partial charge is 0.490 e. The zero-order valence-electron chi connectivity index (χ0n) is 18.2. The van der Waals surface area contributed by atoms with Crippen molar-refractivity contribution in [2.24, 2.45) is 0 Å². The number of hydrogen-bond acceptors (Lipinski definition) is 4. The number of hydrogen-bond donors (Lipinski definition) is 2. The Morgan fingerprint density at radius 3 is 2.15 bits per heavy atom. The van der Waals surface area contributed by atoms with Gasteiger partial charge in [0, 0.05) is 11.9 Å². The summed E-state index contributed by atoms with van der Waals surface area (Å²) in [6.45, 7) is 1.44. The molecule has 33 heavy (non-hydrogen) atoms. The average molecular weight is 464 g/mol. The van der Waals surface area contributed by atoms with Gasteiger partial charge in [-0.05, 0) is 55.5 Å². The molecular formula is C24H28F3N3O3. The van der Waals surface area contributed by atoms with Gasteiger partial charge in [-0.25, -0.2) is 4.79 Å². The van der Waals surface area contributed by atoms with Crippen molar-refractivity contribution in [2.45, 2.75) is 63.2 Å². The van der Waals surface area contributed by atoms with Crippen LogP contribution in [0.3, 0.4) is 0 Å². The molecule has 1 atom stereocenters. The predicted molar refractivity (Wildman–Crippen MR) is 118 cm³/mol. The molecule has 1 aliphatic heterocycles. The Hall–Kier alpha value is -2.94. The summed E-state index contributed by atoms with van der Waals surface area (Å²) in [5.41, 5.74) is 3.23. The van der Waals surface area contributed by atoms with E-state index in [2.05, 4.69) is 17.4 Å². The Labute approximate surface area is 190 Å². The van der Waals surface area contributed by atoms with Crippen LogP contribution in [0.2, 0.25) is 0 Å². The summed E-state index contributed by atoms with van der Waals surface area (Å²) in [4.78, 5) is 28.3. The fourth-order valence-electron chi connectivity index (χ4n) is 3.96. The predicted octanol–water partition coefficient (Wildman–Crippen LogP) is 4.66. The Morgan fingerprint density at radius 1 is 1.03 bits per heavy atom. The first-order chi connectivity index (χ1) is 15.8. The number of carboxylic acid groups (broad SMARTS) is 1. The molecule has 1 aliphatic carbocycles. The second kappa shape index (κ2) is 11.3. The van der Waals surface area contributed by atoms with Gasteiger partial charge >= 0.3 is 12.1 Å². The highest BCUT2D eigenvalue weighted by Gasteiger charge is 2.38. The van der Waals surface area contributed by atoms with Crippen LogP contribution in [0.25, 0.3) is 0 Å². The van der Waals surface area contributed by atoms with Crippen molar-refractivity contribution in [3.8, 4) is 0 Å². The molecule has 1 amide bonds. The van der Waals surface area contributed by atoms with Crippen molar-refractivity contribution in [1.29, 1.82) is 0 Å². The van der Waals surface area contributed by atoms with E-state index in [1.54, 1.807) is 0 Å². The van der Waals surface area contributed by atoms with Gasteiger partial charge in [-0.2, -0.15) is 13.2 Å². The minimum Gasteiger partial charge on any atom is -0.475 e. The third-order valence-electron chi connectivity index (χ3n) is 5.94. The third kappa shape index (κ3) is 7.02. The molecule has 1 saturated heterocycles. The highest BCUT2D eigenvalue weighted by Crippen LogP contribution is 2.32. The fourth-order valence-corrected chi connectivity index (χ4v) is 3.96. The lowest BCUT2D eigenvalue weighted by Crippen LogP contribution is -2.54. The smallest absolute Gasteiger partial charge is 0.475 e. The van der Waals surface area contributed by atoms with Gasteiger partial charge < -0.3 is 15.3 Å². The van der Waals surface area contributed by atoms with Crippen molar-refractivity contribution >= 4 is 17.6 Å². The first-order valence-corrected chi connectivity index (χ1v) is 11.1. The van der Waals surface area contributed by atoms with Crippen LogP contribution in [-0.2, 0) is 16.1 Å². The van der Waals surface area contributed by atoms with Crippen molar-refractivity contribution < 1.29 is 27.9 Å². The Bertz CT molecular complexity index is 910. The van der Waals surface area contributed by atoms with Crippen LogP contribution in [0.4, 0.5) is 18.9 Å². The number of alkyl halides is 3. The second-order valence-electron chi connectivity index (χ2n) is 8.28. The summed E-state index contributed by atoms with van der Waals surface area (Å²) in [5.74, 6) is -1.95. The molecule has 2 aliphatic rings.